The molecule has 4 heterocycles. The number of aryl methyl sites for hydroxylation is 1. The molecule has 0 bridgehead atoms. The van der Waals surface area contributed by atoms with Crippen molar-refractivity contribution in [2.24, 2.45) is 0 Å². The van der Waals surface area contributed by atoms with Gasteiger partial charge in [0.2, 0.25) is 5.91 Å². The number of piperazine rings is 1. The van der Waals surface area contributed by atoms with E-state index in [1.165, 1.54) is 15.9 Å². The lowest BCUT2D eigenvalue weighted by molar-refractivity contribution is -0.130. The van der Waals surface area contributed by atoms with Crippen molar-refractivity contribution in [3.8, 4) is 22.6 Å². The number of phenolic OH excluding ortho intramolecular Hbond substituents is 1. The van der Waals surface area contributed by atoms with Gasteiger partial charge in [-0.3, -0.25) is 23.9 Å². The minimum atomic E-state index is -1.31. The normalized spacial score (nSPS) is 17.5. The van der Waals surface area contributed by atoms with Crippen molar-refractivity contribution >= 4 is 34.1 Å². The molecule has 1 saturated heterocycles. The van der Waals surface area contributed by atoms with Crippen molar-refractivity contribution < 1.29 is 33.0 Å². The molecule has 13 heteroatoms. The first-order valence-electron chi connectivity index (χ1n) is 16.0. The first-order valence-corrected chi connectivity index (χ1v) is 16.0. The average molecular weight is 676 g/mol. The fourth-order valence-electron chi connectivity index (χ4n) is 7.06. The largest absolute Gasteiger partial charge is 0.507 e. The van der Waals surface area contributed by atoms with E-state index in [0.29, 0.717) is 11.3 Å². The van der Waals surface area contributed by atoms with Crippen molar-refractivity contribution in [1.82, 2.24) is 14.5 Å². The van der Waals surface area contributed by atoms with Crippen LogP contribution in [0.4, 0.5) is 24.5 Å². The lowest BCUT2D eigenvalue weighted by Crippen LogP contribution is -2.66. The number of pyridine rings is 2. The number of hydrogen-bond donors (Lipinski definition) is 2. The molecule has 2 aromatic carbocycles. The quantitative estimate of drug-likeness (QED) is 0.267. The molecule has 0 aliphatic carbocycles. The van der Waals surface area contributed by atoms with Gasteiger partial charge in [-0.05, 0) is 62.1 Å². The zero-order valence-corrected chi connectivity index (χ0v) is 27.5. The zero-order chi connectivity index (χ0) is 35.5. The Morgan fingerprint density at radius 1 is 1.08 bits per heavy atom. The molecule has 0 spiro atoms. The molecule has 0 saturated carbocycles. The van der Waals surface area contributed by atoms with Crippen LogP contribution < -0.4 is 15.4 Å². The Bertz CT molecular complexity index is 2080. The lowest BCUT2D eigenvalue weighted by atomic mass is 9.94. The predicted molar refractivity (Wildman–Crippen MR) is 180 cm³/mol. The van der Waals surface area contributed by atoms with Gasteiger partial charge >= 0.3 is 0 Å². The minimum Gasteiger partial charge on any atom is -0.507 e. The summed E-state index contributed by atoms with van der Waals surface area (Å²) in [6.45, 7) is 10.2. The molecule has 2 N–H and O–H groups in total. The fraction of sp³-hybridized carbons (Fsp3) is 0.333. The van der Waals surface area contributed by atoms with E-state index in [4.69, 9.17) is 0 Å². The van der Waals surface area contributed by atoms with E-state index in [1.807, 2.05) is 13.8 Å². The molecular formula is C36H36F3N5O5. The zero-order valence-electron chi connectivity index (χ0n) is 27.5. The molecule has 1 fully saturated rings. The van der Waals surface area contributed by atoms with Gasteiger partial charge in [-0.25, -0.2) is 13.2 Å². The number of hydrogen-bond acceptors (Lipinski definition) is 7. The van der Waals surface area contributed by atoms with Crippen LogP contribution in [-0.4, -0.2) is 74.8 Å². The Labute approximate surface area is 280 Å². The number of nitrogens with zero attached hydrogens (tertiary/aromatic N) is 5. The summed E-state index contributed by atoms with van der Waals surface area (Å²) in [7, 11) is 0. The number of carbonyl (C=O) groups excluding carboxylic acids is 2. The smallest absolute Gasteiger partial charge is 0.281 e. The molecule has 10 nitrogen and oxygen atoms in total. The summed E-state index contributed by atoms with van der Waals surface area (Å²) >= 11 is 0. The van der Waals surface area contributed by atoms with E-state index >= 15 is 18.0 Å². The van der Waals surface area contributed by atoms with E-state index < -0.39 is 69.3 Å². The number of aromatic nitrogens is 2. The van der Waals surface area contributed by atoms with Crippen LogP contribution in [0.15, 0.2) is 54.0 Å². The van der Waals surface area contributed by atoms with Crippen molar-refractivity contribution in [3.63, 3.8) is 0 Å². The van der Waals surface area contributed by atoms with Crippen LogP contribution in [0.2, 0.25) is 0 Å². The number of carbonyl (C=O) groups is 2. The first-order chi connectivity index (χ1) is 23.3. The molecule has 0 radical (unpaired) electrons. The van der Waals surface area contributed by atoms with Gasteiger partial charge in [0.05, 0.1) is 40.3 Å². The number of halogens is 3. The second-order valence-corrected chi connectivity index (χ2v) is 12.7. The number of benzene rings is 2. The monoisotopic (exact) mass is 675 g/mol. The van der Waals surface area contributed by atoms with Gasteiger partial charge in [-0.15, -0.1) is 0 Å². The number of anilines is 2. The van der Waals surface area contributed by atoms with E-state index in [1.54, 1.807) is 31.0 Å². The van der Waals surface area contributed by atoms with E-state index in [0.717, 1.165) is 28.8 Å². The third-order valence-electron chi connectivity index (χ3n) is 9.31. The highest BCUT2D eigenvalue weighted by Crippen LogP contribution is 2.46. The molecule has 2 aliphatic heterocycles. The third-order valence-corrected chi connectivity index (χ3v) is 9.31. The van der Waals surface area contributed by atoms with E-state index in [-0.39, 0.29) is 61.0 Å². The maximum Gasteiger partial charge on any atom is 0.281 e. The Hall–Kier alpha value is -5.17. The summed E-state index contributed by atoms with van der Waals surface area (Å²) in [5, 5.41) is 20.3. The average Bonchev–Trinajstić information content (AvgIpc) is 3.05. The molecule has 4 aromatic rings. The SMILES string of the molecule is C=CC(=O)N1C[C@@H]2C(=O)N(CCCO)c3c(c4cc(F)c(-c5c(O)cccc5F)c(F)c4n(-c4c(C)ccnc4C(C)C)c3=O)N2C[C@H]1C. The highest BCUT2D eigenvalue weighted by atomic mass is 19.1. The molecule has 2 aromatic heterocycles. The molecule has 49 heavy (non-hydrogen) atoms. The number of fused-ring (bicyclic) bond motifs is 5. The number of aliphatic hydroxyl groups excluding tert-OH is 1. The number of aromatic hydroxyl groups is 1. The summed E-state index contributed by atoms with van der Waals surface area (Å²) in [6.07, 6.45) is 2.77. The Morgan fingerprint density at radius 3 is 2.47 bits per heavy atom. The second kappa shape index (κ2) is 12.7. The van der Waals surface area contributed by atoms with E-state index in [2.05, 4.69) is 11.6 Å². The first kappa shape index (κ1) is 33.7. The second-order valence-electron chi connectivity index (χ2n) is 12.7. The van der Waals surface area contributed by atoms with Crippen LogP contribution in [0.5, 0.6) is 5.75 Å². The van der Waals surface area contributed by atoms with Crippen molar-refractivity contribution in [3.05, 3.63) is 88.2 Å². The molecule has 256 valence electrons. The van der Waals surface area contributed by atoms with Gasteiger partial charge in [0.25, 0.3) is 11.5 Å². The maximum atomic E-state index is 17.3. The van der Waals surface area contributed by atoms with Crippen molar-refractivity contribution in [2.45, 2.75) is 52.1 Å². The van der Waals surface area contributed by atoms with Crippen LogP contribution in [0.3, 0.4) is 0 Å². The number of aliphatic hydroxyl groups is 1. The van der Waals surface area contributed by atoms with Gasteiger partial charge in [0, 0.05) is 37.3 Å². The minimum absolute atomic E-state index is 0.0254. The van der Waals surface area contributed by atoms with Crippen molar-refractivity contribution in [1.29, 1.82) is 0 Å². The summed E-state index contributed by atoms with van der Waals surface area (Å²) < 4.78 is 50.0. The highest BCUT2D eigenvalue weighted by Gasteiger charge is 2.47. The topological polar surface area (TPSA) is 119 Å². The highest BCUT2D eigenvalue weighted by molar-refractivity contribution is 6.13. The molecule has 6 rings (SSSR count). The number of rotatable bonds is 7. The summed E-state index contributed by atoms with van der Waals surface area (Å²) in [6, 6.07) is 4.33. The molecule has 0 unspecified atom stereocenters. The summed E-state index contributed by atoms with van der Waals surface area (Å²) in [5.41, 5.74) is -1.78. The Morgan fingerprint density at radius 2 is 1.82 bits per heavy atom. The van der Waals surface area contributed by atoms with Crippen molar-refractivity contribution in [2.75, 3.05) is 36.0 Å². The van der Waals surface area contributed by atoms with Crippen LogP contribution in [-0.2, 0) is 9.59 Å². The van der Waals surface area contributed by atoms with Crippen LogP contribution >= 0.6 is 0 Å². The Kier molecular flexibility index (Phi) is 8.74. The summed E-state index contributed by atoms with van der Waals surface area (Å²) in [5.74, 6) is -5.53. The summed E-state index contributed by atoms with van der Waals surface area (Å²) in [4.78, 5) is 50.9. The van der Waals surface area contributed by atoms with E-state index in [9.17, 15) is 19.8 Å². The van der Waals surface area contributed by atoms with Crippen LogP contribution in [0, 0.1) is 24.4 Å². The van der Waals surface area contributed by atoms with Gasteiger partial charge < -0.3 is 24.9 Å². The van der Waals surface area contributed by atoms with Gasteiger partial charge in [0.15, 0.2) is 5.82 Å². The molecule has 2 aliphatic rings. The molecule has 2 amide bonds. The van der Waals surface area contributed by atoms with Crippen LogP contribution in [0.1, 0.15) is 44.4 Å². The molecule has 2 atom stereocenters. The van der Waals surface area contributed by atoms with Crippen LogP contribution in [0.25, 0.3) is 27.7 Å². The van der Waals surface area contributed by atoms with Gasteiger partial charge in [-0.2, -0.15) is 0 Å². The Balaban J connectivity index is 1.82. The van der Waals surface area contributed by atoms with Gasteiger partial charge in [-0.1, -0.05) is 26.5 Å². The van der Waals surface area contributed by atoms with Gasteiger partial charge in [0.1, 0.15) is 29.1 Å². The fourth-order valence-corrected chi connectivity index (χ4v) is 7.06. The predicted octanol–water partition coefficient (Wildman–Crippen LogP) is 4.93. The number of phenols is 1. The third kappa shape index (κ3) is 5.23. The maximum absolute atomic E-state index is 17.3. The standard InChI is InChI=1S/C36H36F3N5O5/c1-6-26(47)42-17-24-35(48)41(13-8-14-45)34-33(43(24)16-20(42)5)21-15-23(38)28(27-22(37)9-7-10-25(27)46)29(39)32(21)44(36(34)49)31-19(4)11-12-40-30(31)18(2)3/h6-7,9-12,15,18,20,24,45-46H,1,8,13-14,16-17H2,2-5H3/t20-,24-/m1/s1. The number of amides is 2. The lowest BCUT2D eigenvalue weighted by Gasteiger charge is -2.50. The molecular weight excluding hydrogens is 639 g/mol.